The van der Waals surface area contributed by atoms with E-state index in [1.165, 1.54) is 0 Å². The maximum absolute atomic E-state index is 11.8. The summed E-state index contributed by atoms with van der Waals surface area (Å²) in [5.74, 6) is 0.665. The van der Waals surface area contributed by atoms with Gasteiger partial charge < -0.3 is 20.1 Å². The SMILES string of the molecule is COCCCNCC(=O)Nc1ccc(OCc2ccc(Cl)cc2)cc1. The summed E-state index contributed by atoms with van der Waals surface area (Å²) in [4.78, 5) is 11.8. The third-order valence-electron chi connectivity index (χ3n) is 3.44. The average Bonchev–Trinajstić information content (AvgIpc) is 2.62. The van der Waals surface area contributed by atoms with Gasteiger partial charge in [0.15, 0.2) is 0 Å². The fraction of sp³-hybridized carbons (Fsp3) is 0.316. The molecule has 0 aliphatic rings. The number of carbonyl (C=O) groups is 1. The van der Waals surface area contributed by atoms with Crippen LogP contribution in [0, 0.1) is 0 Å². The number of carbonyl (C=O) groups excluding carboxylic acids is 1. The lowest BCUT2D eigenvalue weighted by molar-refractivity contribution is -0.115. The highest BCUT2D eigenvalue weighted by Gasteiger charge is 2.02. The van der Waals surface area contributed by atoms with Gasteiger partial charge in [-0.05, 0) is 54.9 Å². The second-order valence-electron chi connectivity index (χ2n) is 5.51. The van der Waals surface area contributed by atoms with E-state index < -0.39 is 0 Å². The number of methoxy groups -OCH3 is 1. The lowest BCUT2D eigenvalue weighted by Gasteiger charge is -2.09. The molecule has 0 saturated carbocycles. The molecule has 0 atom stereocenters. The van der Waals surface area contributed by atoms with Crippen LogP contribution in [0.15, 0.2) is 48.5 Å². The summed E-state index contributed by atoms with van der Waals surface area (Å²) in [7, 11) is 1.66. The summed E-state index contributed by atoms with van der Waals surface area (Å²) >= 11 is 5.86. The van der Waals surface area contributed by atoms with Crippen molar-refractivity contribution in [1.29, 1.82) is 0 Å². The van der Waals surface area contributed by atoms with Crippen LogP contribution in [0.25, 0.3) is 0 Å². The van der Waals surface area contributed by atoms with Crippen molar-refractivity contribution in [3.05, 3.63) is 59.1 Å². The summed E-state index contributed by atoms with van der Waals surface area (Å²) in [6.45, 7) is 2.18. The molecule has 2 rings (SSSR count). The molecule has 2 aromatic rings. The molecule has 0 spiro atoms. The van der Waals surface area contributed by atoms with E-state index in [1.54, 1.807) is 7.11 Å². The molecule has 0 bridgehead atoms. The predicted octanol–water partition coefficient (Wildman–Crippen LogP) is 3.48. The zero-order valence-corrected chi connectivity index (χ0v) is 15.0. The van der Waals surface area contributed by atoms with Crippen LogP contribution in [-0.2, 0) is 16.1 Å². The molecule has 2 N–H and O–H groups in total. The van der Waals surface area contributed by atoms with Gasteiger partial charge in [-0.1, -0.05) is 23.7 Å². The Morgan fingerprint density at radius 3 is 2.48 bits per heavy atom. The van der Waals surface area contributed by atoms with Crippen LogP contribution in [0.1, 0.15) is 12.0 Å². The quantitative estimate of drug-likeness (QED) is 0.635. The number of hydrogen-bond donors (Lipinski definition) is 2. The molecule has 0 fully saturated rings. The van der Waals surface area contributed by atoms with E-state index in [9.17, 15) is 4.79 Å². The Hall–Kier alpha value is -2.08. The molecule has 0 aliphatic heterocycles. The summed E-state index contributed by atoms with van der Waals surface area (Å²) < 4.78 is 10.7. The number of rotatable bonds is 10. The Labute approximate surface area is 153 Å². The standard InChI is InChI=1S/C19H23ClN2O3/c1-24-12-2-11-21-13-19(23)22-17-7-9-18(10-8-17)25-14-15-3-5-16(20)6-4-15/h3-10,21H,2,11-14H2,1H3,(H,22,23). The Balaban J connectivity index is 1.71. The smallest absolute Gasteiger partial charge is 0.238 e. The maximum atomic E-state index is 11.8. The third kappa shape index (κ3) is 7.56. The minimum absolute atomic E-state index is 0.0766. The van der Waals surface area contributed by atoms with E-state index in [1.807, 2.05) is 48.5 Å². The largest absolute Gasteiger partial charge is 0.489 e. The van der Waals surface area contributed by atoms with Crippen LogP contribution in [0.4, 0.5) is 5.69 Å². The molecule has 0 aromatic heterocycles. The zero-order valence-electron chi connectivity index (χ0n) is 14.3. The number of anilines is 1. The second-order valence-corrected chi connectivity index (χ2v) is 5.95. The number of ether oxygens (including phenoxy) is 2. The normalized spacial score (nSPS) is 10.5. The predicted molar refractivity (Wildman–Crippen MR) is 100 cm³/mol. The molecule has 0 saturated heterocycles. The lowest BCUT2D eigenvalue weighted by Crippen LogP contribution is -2.29. The monoisotopic (exact) mass is 362 g/mol. The van der Waals surface area contributed by atoms with Crippen molar-refractivity contribution >= 4 is 23.2 Å². The molecule has 0 aliphatic carbocycles. The van der Waals surface area contributed by atoms with Crippen LogP contribution in [-0.4, -0.2) is 32.7 Å². The fourth-order valence-electron chi connectivity index (χ4n) is 2.13. The Kier molecular flexibility index (Phi) is 8.25. The van der Waals surface area contributed by atoms with Crippen LogP contribution in [0.3, 0.4) is 0 Å². The van der Waals surface area contributed by atoms with Crippen molar-refractivity contribution in [1.82, 2.24) is 5.32 Å². The highest BCUT2D eigenvalue weighted by Crippen LogP contribution is 2.17. The summed E-state index contributed by atoms with van der Waals surface area (Å²) in [5.41, 5.74) is 1.78. The number of hydrogen-bond acceptors (Lipinski definition) is 4. The van der Waals surface area contributed by atoms with E-state index in [0.717, 1.165) is 30.0 Å². The van der Waals surface area contributed by atoms with Gasteiger partial charge >= 0.3 is 0 Å². The summed E-state index contributed by atoms with van der Waals surface area (Å²) in [5, 5.41) is 6.61. The molecule has 5 nitrogen and oxygen atoms in total. The first-order chi connectivity index (χ1) is 12.2. The van der Waals surface area contributed by atoms with Gasteiger partial charge in [0, 0.05) is 24.4 Å². The second kappa shape index (κ2) is 10.7. The first-order valence-electron chi connectivity index (χ1n) is 8.14. The van der Waals surface area contributed by atoms with Gasteiger partial charge in [-0.25, -0.2) is 0 Å². The van der Waals surface area contributed by atoms with Gasteiger partial charge in [-0.2, -0.15) is 0 Å². The van der Waals surface area contributed by atoms with Gasteiger partial charge in [0.05, 0.1) is 6.54 Å². The highest BCUT2D eigenvalue weighted by atomic mass is 35.5. The zero-order chi connectivity index (χ0) is 17.9. The fourth-order valence-corrected chi connectivity index (χ4v) is 2.26. The first-order valence-corrected chi connectivity index (χ1v) is 8.52. The minimum Gasteiger partial charge on any atom is -0.489 e. The van der Waals surface area contributed by atoms with Gasteiger partial charge in [0.25, 0.3) is 0 Å². The lowest BCUT2D eigenvalue weighted by atomic mass is 10.2. The van der Waals surface area contributed by atoms with Crippen LogP contribution in [0.5, 0.6) is 5.75 Å². The van der Waals surface area contributed by atoms with E-state index >= 15 is 0 Å². The van der Waals surface area contributed by atoms with Gasteiger partial charge in [0.2, 0.25) is 5.91 Å². The van der Waals surface area contributed by atoms with E-state index in [4.69, 9.17) is 21.1 Å². The van der Waals surface area contributed by atoms with Gasteiger partial charge in [-0.3, -0.25) is 4.79 Å². The van der Waals surface area contributed by atoms with Crippen molar-refractivity contribution in [2.45, 2.75) is 13.0 Å². The topological polar surface area (TPSA) is 59.6 Å². The molecular weight excluding hydrogens is 340 g/mol. The van der Waals surface area contributed by atoms with Crippen LogP contribution >= 0.6 is 11.6 Å². The van der Waals surface area contributed by atoms with Gasteiger partial charge in [-0.15, -0.1) is 0 Å². The number of halogens is 1. The van der Waals surface area contributed by atoms with Crippen molar-refractivity contribution in [2.75, 3.05) is 32.1 Å². The average molecular weight is 363 g/mol. The molecule has 25 heavy (non-hydrogen) atoms. The van der Waals surface area contributed by atoms with Crippen molar-refractivity contribution in [3.8, 4) is 5.75 Å². The molecule has 6 heteroatoms. The number of amides is 1. The van der Waals surface area contributed by atoms with Crippen molar-refractivity contribution in [3.63, 3.8) is 0 Å². The minimum atomic E-state index is -0.0766. The molecule has 0 unspecified atom stereocenters. The Bertz CT molecular complexity index is 645. The van der Waals surface area contributed by atoms with Crippen molar-refractivity contribution in [2.24, 2.45) is 0 Å². The van der Waals surface area contributed by atoms with Crippen LogP contribution < -0.4 is 15.4 Å². The van der Waals surface area contributed by atoms with Crippen molar-refractivity contribution < 1.29 is 14.3 Å². The molecule has 1 amide bonds. The van der Waals surface area contributed by atoms with E-state index in [2.05, 4.69) is 10.6 Å². The Morgan fingerprint density at radius 1 is 1.08 bits per heavy atom. The molecule has 0 radical (unpaired) electrons. The highest BCUT2D eigenvalue weighted by molar-refractivity contribution is 6.30. The summed E-state index contributed by atoms with van der Waals surface area (Å²) in [6, 6.07) is 14.8. The van der Waals surface area contributed by atoms with Gasteiger partial charge in [0.1, 0.15) is 12.4 Å². The molecule has 2 aromatic carbocycles. The van der Waals surface area contributed by atoms with E-state index in [-0.39, 0.29) is 12.5 Å². The molecule has 134 valence electrons. The number of benzene rings is 2. The Morgan fingerprint density at radius 2 is 1.80 bits per heavy atom. The molecular formula is C19H23ClN2O3. The number of nitrogens with one attached hydrogen (secondary N) is 2. The molecule has 0 heterocycles. The van der Waals surface area contributed by atoms with Crippen LogP contribution in [0.2, 0.25) is 5.02 Å². The first kappa shape index (κ1) is 19.2. The summed E-state index contributed by atoms with van der Waals surface area (Å²) in [6.07, 6.45) is 0.878. The maximum Gasteiger partial charge on any atom is 0.238 e. The van der Waals surface area contributed by atoms with E-state index in [0.29, 0.717) is 18.2 Å². The third-order valence-corrected chi connectivity index (χ3v) is 3.70.